The number of aliphatic imine (C=N–C) groups is 1. The number of benzene rings is 3. The summed E-state index contributed by atoms with van der Waals surface area (Å²) in [6, 6.07) is 19.4. The van der Waals surface area contributed by atoms with Crippen LogP contribution in [0.15, 0.2) is 84.1 Å². The molecule has 0 saturated carbocycles. The van der Waals surface area contributed by atoms with Gasteiger partial charge in [0.1, 0.15) is 18.1 Å². The molecule has 1 N–H and O–H groups in total. The maximum Gasteiger partial charge on any atom is 0.573 e. The summed E-state index contributed by atoms with van der Waals surface area (Å²) in [7, 11) is 0. The van der Waals surface area contributed by atoms with Gasteiger partial charge in [-0.2, -0.15) is 10.3 Å². The van der Waals surface area contributed by atoms with E-state index >= 15 is 0 Å². The number of aromatic nitrogens is 3. The molecule has 0 radical (unpaired) electrons. The minimum atomic E-state index is -4.78. The number of amidine groups is 1. The van der Waals surface area contributed by atoms with E-state index in [0.717, 1.165) is 17.3 Å². The number of aryl methyl sites for hydroxylation is 1. The van der Waals surface area contributed by atoms with Crippen molar-refractivity contribution in [1.82, 2.24) is 20.1 Å². The van der Waals surface area contributed by atoms with Crippen molar-refractivity contribution in [3.8, 4) is 28.9 Å². The summed E-state index contributed by atoms with van der Waals surface area (Å²) < 4.78 is 42.5. The van der Waals surface area contributed by atoms with Gasteiger partial charge in [-0.15, -0.1) is 18.3 Å². The van der Waals surface area contributed by atoms with Gasteiger partial charge in [-0.3, -0.25) is 9.69 Å². The van der Waals surface area contributed by atoms with Crippen molar-refractivity contribution >= 4 is 34.6 Å². The number of nitrogens with zero attached hydrogens (tertiary/aromatic N) is 6. The van der Waals surface area contributed by atoms with Gasteiger partial charge in [0.2, 0.25) is 5.91 Å². The van der Waals surface area contributed by atoms with Gasteiger partial charge in [-0.1, -0.05) is 61.2 Å². The minimum Gasteiger partial charge on any atom is -0.406 e. The second kappa shape index (κ2) is 12.4. The van der Waals surface area contributed by atoms with Crippen molar-refractivity contribution in [3.05, 3.63) is 90.3 Å². The van der Waals surface area contributed by atoms with Crippen molar-refractivity contribution in [1.29, 1.82) is 5.26 Å². The van der Waals surface area contributed by atoms with Gasteiger partial charge in [0.05, 0.1) is 23.2 Å². The summed E-state index contributed by atoms with van der Waals surface area (Å²) in [4.78, 5) is 35.2. The highest BCUT2D eigenvalue weighted by molar-refractivity contribution is 8.15. The van der Waals surface area contributed by atoms with Crippen molar-refractivity contribution in [2.75, 3.05) is 10.7 Å². The minimum absolute atomic E-state index is 0.148. The van der Waals surface area contributed by atoms with Gasteiger partial charge < -0.3 is 10.1 Å². The predicted octanol–water partition coefficient (Wildman–Crippen LogP) is 5.81. The lowest BCUT2D eigenvalue weighted by atomic mass is 10.1. The number of ether oxygens (including phenoxy) is 1. The molecule has 0 aliphatic carbocycles. The lowest BCUT2D eigenvalue weighted by Crippen LogP contribution is -2.32. The van der Waals surface area contributed by atoms with Crippen LogP contribution in [0.1, 0.15) is 24.1 Å². The largest absolute Gasteiger partial charge is 0.573 e. The maximum absolute atomic E-state index is 12.8. The molecule has 10 nitrogen and oxygen atoms in total. The van der Waals surface area contributed by atoms with Gasteiger partial charge >= 0.3 is 12.4 Å². The molecule has 1 fully saturated rings. The quantitative estimate of drug-likeness (QED) is 0.282. The number of thioether (sulfide) groups is 1. The zero-order valence-electron chi connectivity index (χ0n) is 22.4. The number of rotatable bonds is 7. The average molecular weight is 606 g/mol. The zero-order chi connectivity index (χ0) is 30.6. The van der Waals surface area contributed by atoms with Crippen LogP contribution in [0.25, 0.3) is 17.1 Å². The van der Waals surface area contributed by atoms with E-state index in [-0.39, 0.29) is 22.6 Å². The highest BCUT2D eigenvalue weighted by Crippen LogP contribution is 2.30. The standard InChI is InChI=1S/C29H22F3N7O3S/c1-2-18-5-3-4-6-24(18)39-25(40)16-43-28(39)36-27(41)35-23(15-33)19-7-9-20(10-8-19)26-34-17-38(37-26)21-11-13-22(14-12-21)42-29(30,31)32/h3-14,17,23H,2,16H2,1H3,(H,35,41). The summed E-state index contributed by atoms with van der Waals surface area (Å²) in [5.74, 6) is -0.0586. The molecule has 1 aliphatic heterocycles. The van der Waals surface area contributed by atoms with Gasteiger partial charge in [0, 0.05) is 5.56 Å². The summed E-state index contributed by atoms with van der Waals surface area (Å²) in [5, 5.41) is 16.9. The average Bonchev–Trinajstić information content (AvgIpc) is 3.62. The first-order valence-corrected chi connectivity index (χ1v) is 13.8. The molecule has 1 unspecified atom stereocenters. The van der Waals surface area contributed by atoms with Gasteiger partial charge in [0.15, 0.2) is 11.0 Å². The molecule has 1 saturated heterocycles. The number of carbonyl (C=O) groups is 2. The smallest absolute Gasteiger partial charge is 0.406 e. The van der Waals surface area contributed by atoms with E-state index in [2.05, 4.69) is 25.1 Å². The molecule has 2 heterocycles. The number of alkyl halides is 3. The predicted molar refractivity (Wildman–Crippen MR) is 154 cm³/mol. The van der Waals surface area contributed by atoms with E-state index < -0.39 is 18.4 Å². The fourth-order valence-corrected chi connectivity index (χ4v) is 5.15. The number of hydrogen-bond acceptors (Lipinski definition) is 7. The Labute approximate surface area is 247 Å². The third-order valence-electron chi connectivity index (χ3n) is 6.30. The van der Waals surface area contributed by atoms with Crippen LogP contribution in [0.2, 0.25) is 0 Å². The number of para-hydroxylation sites is 1. The van der Waals surface area contributed by atoms with Crippen molar-refractivity contribution in [2.24, 2.45) is 4.99 Å². The Morgan fingerprint density at radius 1 is 1.14 bits per heavy atom. The van der Waals surface area contributed by atoms with E-state index in [0.29, 0.717) is 34.7 Å². The second-order valence-electron chi connectivity index (χ2n) is 9.08. The molecule has 1 atom stereocenters. The van der Waals surface area contributed by atoms with Crippen LogP contribution in [0, 0.1) is 11.3 Å². The third-order valence-corrected chi connectivity index (χ3v) is 7.23. The van der Waals surface area contributed by atoms with Crippen LogP contribution in [-0.4, -0.2) is 44.0 Å². The molecular weight excluding hydrogens is 583 g/mol. The molecule has 0 bridgehead atoms. The van der Waals surface area contributed by atoms with E-state index in [9.17, 15) is 28.0 Å². The van der Waals surface area contributed by atoms with E-state index in [1.165, 1.54) is 40.2 Å². The molecule has 5 rings (SSSR count). The molecule has 43 heavy (non-hydrogen) atoms. The monoisotopic (exact) mass is 605 g/mol. The molecule has 3 aromatic carbocycles. The number of hydrogen-bond donors (Lipinski definition) is 1. The summed E-state index contributed by atoms with van der Waals surface area (Å²) >= 11 is 1.15. The van der Waals surface area contributed by atoms with Gasteiger partial charge in [0.25, 0.3) is 0 Å². The van der Waals surface area contributed by atoms with E-state index in [4.69, 9.17) is 0 Å². The number of amides is 3. The molecular formula is C29H22F3N7O3S. The first-order chi connectivity index (χ1) is 20.6. The number of nitrogens with one attached hydrogen (secondary N) is 1. The first-order valence-electron chi connectivity index (χ1n) is 12.9. The Hall–Kier alpha value is -5.16. The number of anilines is 1. The Balaban J connectivity index is 1.27. The Morgan fingerprint density at radius 2 is 1.86 bits per heavy atom. The van der Waals surface area contributed by atoms with Crippen molar-refractivity contribution in [2.45, 2.75) is 25.7 Å². The maximum atomic E-state index is 12.8. The fourth-order valence-electron chi connectivity index (χ4n) is 4.29. The topological polar surface area (TPSA) is 126 Å². The number of halogens is 3. The highest BCUT2D eigenvalue weighted by atomic mass is 32.2. The third kappa shape index (κ3) is 6.84. The molecule has 3 amide bonds. The lowest BCUT2D eigenvalue weighted by molar-refractivity contribution is -0.274. The molecule has 1 aromatic heterocycles. The first kappa shape index (κ1) is 29.3. The Kier molecular flexibility index (Phi) is 8.44. The molecule has 0 spiro atoms. The Bertz CT molecular complexity index is 1710. The Morgan fingerprint density at radius 3 is 2.53 bits per heavy atom. The fraction of sp³-hybridized carbons (Fsp3) is 0.172. The SMILES string of the molecule is CCc1ccccc1N1C(=O)CSC1=NC(=O)NC(C#N)c1ccc(-c2ncn(-c3ccc(OC(F)(F)F)cc3)n2)cc1. The van der Waals surface area contributed by atoms with Crippen LogP contribution in [-0.2, 0) is 11.2 Å². The number of urea groups is 1. The normalized spacial score (nSPS) is 14.9. The zero-order valence-corrected chi connectivity index (χ0v) is 23.3. The molecule has 4 aromatic rings. The molecule has 14 heteroatoms. The van der Waals surface area contributed by atoms with Crippen LogP contribution < -0.4 is 15.0 Å². The lowest BCUT2D eigenvalue weighted by Gasteiger charge is -2.19. The number of nitriles is 1. The van der Waals surface area contributed by atoms with Crippen LogP contribution in [0.5, 0.6) is 5.75 Å². The summed E-state index contributed by atoms with van der Waals surface area (Å²) in [5.41, 5.74) is 3.17. The van der Waals surface area contributed by atoms with Gasteiger partial charge in [-0.25, -0.2) is 14.5 Å². The molecule has 1 aliphatic rings. The van der Waals surface area contributed by atoms with Crippen molar-refractivity contribution in [3.63, 3.8) is 0 Å². The van der Waals surface area contributed by atoms with Crippen molar-refractivity contribution < 1.29 is 27.5 Å². The summed E-state index contributed by atoms with van der Waals surface area (Å²) in [6.07, 6.45) is -2.68. The van der Waals surface area contributed by atoms with Crippen LogP contribution in [0.4, 0.5) is 23.7 Å². The van der Waals surface area contributed by atoms with E-state index in [1.807, 2.05) is 31.2 Å². The van der Waals surface area contributed by atoms with E-state index in [1.54, 1.807) is 30.3 Å². The highest BCUT2D eigenvalue weighted by Gasteiger charge is 2.32. The molecule has 218 valence electrons. The van der Waals surface area contributed by atoms with Crippen LogP contribution in [0.3, 0.4) is 0 Å². The number of carbonyl (C=O) groups excluding carboxylic acids is 2. The summed E-state index contributed by atoms with van der Waals surface area (Å²) in [6.45, 7) is 1.97. The second-order valence-corrected chi connectivity index (χ2v) is 10.0. The van der Waals surface area contributed by atoms with Gasteiger partial charge in [-0.05, 0) is 47.9 Å². The van der Waals surface area contributed by atoms with Crippen LogP contribution >= 0.6 is 11.8 Å².